The second-order valence-corrected chi connectivity index (χ2v) is 7.41. The monoisotopic (exact) mass is 387 g/mol. The molecular formula is C17H29N3O7. The smallest absolute Gasteiger partial charge is 0.303 e. The van der Waals surface area contributed by atoms with E-state index in [-0.39, 0.29) is 6.42 Å². The maximum Gasteiger partial charge on any atom is 0.699 e. The molecule has 0 aromatic rings. The van der Waals surface area contributed by atoms with Crippen LogP contribution in [0.2, 0.25) is 0 Å². The third kappa shape index (κ3) is 7.18. The van der Waals surface area contributed by atoms with Crippen LogP contribution in [-0.2, 0) is 4.79 Å². The summed E-state index contributed by atoms with van der Waals surface area (Å²) in [6.45, 7) is 0. The fourth-order valence-electron chi connectivity index (χ4n) is 3.60. The molecule has 0 heterocycles. The van der Waals surface area contributed by atoms with Gasteiger partial charge in [0, 0.05) is 6.42 Å². The summed E-state index contributed by atoms with van der Waals surface area (Å²) >= 11 is 0. The van der Waals surface area contributed by atoms with Crippen LogP contribution >= 0.6 is 0 Å². The quantitative estimate of drug-likeness (QED) is 0.120. The van der Waals surface area contributed by atoms with E-state index in [2.05, 4.69) is 0 Å². The highest BCUT2D eigenvalue weighted by Crippen LogP contribution is 2.45. The predicted octanol–water partition coefficient (Wildman–Crippen LogP) is 3.99. The van der Waals surface area contributed by atoms with E-state index in [1.54, 1.807) is 0 Å². The minimum atomic E-state index is -3.31. The van der Waals surface area contributed by atoms with Crippen molar-refractivity contribution < 1.29 is 19.6 Å². The summed E-state index contributed by atoms with van der Waals surface area (Å²) in [5, 5.41) is 32.5. The van der Waals surface area contributed by atoms with Crippen molar-refractivity contribution in [3.63, 3.8) is 0 Å². The molecule has 27 heavy (non-hydrogen) atoms. The Labute approximate surface area is 158 Å². The summed E-state index contributed by atoms with van der Waals surface area (Å²) in [6.07, 6.45) is 11.3. The number of hydrogen-bond donors (Lipinski definition) is 0. The van der Waals surface area contributed by atoms with Crippen LogP contribution < -0.4 is 0 Å². The lowest BCUT2D eigenvalue weighted by Crippen LogP contribution is -2.53. The Balaban J connectivity index is 2.11. The highest BCUT2D eigenvalue weighted by molar-refractivity contribution is 5.48. The van der Waals surface area contributed by atoms with E-state index in [4.69, 9.17) is 0 Å². The SMILES string of the molecule is O=CCCCCCCCC1CC1CCCCCC([N+](=O)[O-])([N+](=O)[O-])[N+](=O)[O-]. The molecule has 1 rings (SSSR count). The molecule has 10 nitrogen and oxygen atoms in total. The van der Waals surface area contributed by atoms with Gasteiger partial charge in [0.1, 0.15) is 6.29 Å². The fraction of sp³-hybridized carbons (Fsp3) is 0.941. The van der Waals surface area contributed by atoms with Gasteiger partial charge in [-0.2, -0.15) is 0 Å². The number of rotatable bonds is 17. The van der Waals surface area contributed by atoms with E-state index in [9.17, 15) is 35.1 Å². The van der Waals surface area contributed by atoms with Gasteiger partial charge in [-0.15, -0.1) is 0 Å². The molecule has 0 aromatic carbocycles. The van der Waals surface area contributed by atoms with Gasteiger partial charge < -0.3 is 4.79 Å². The van der Waals surface area contributed by atoms with Crippen molar-refractivity contribution in [2.24, 2.45) is 11.8 Å². The van der Waals surface area contributed by atoms with Crippen LogP contribution in [0, 0.1) is 42.2 Å². The molecule has 2 atom stereocenters. The Bertz CT molecular complexity index is 491. The van der Waals surface area contributed by atoms with E-state index in [1.165, 1.54) is 25.7 Å². The summed E-state index contributed by atoms with van der Waals surface area (Å²) in [7, 11) is 0. The van der Waals surface area contributed by atoms with Crippen molar-refractivity contribution in [1.29, 1.82) is 0 Å². The van der Waals surface area contributed by atoms with E-state index < -0.39 is 27.0 Å². The van der Waals surface area contributed by atoms with Crippen LogP contribution in [0.15, 0.2) is 0 Å². The maximum atomic E-state index is 10.8. The molecule has 0 amide bonds. The summed E-state index contributed by atoms with van der Waals surface area (Å²) in [6, 6.07) is 0. The normalized spacial score (nSPS) is 18.8. The van der Waals surface area contributed by atoms with Gasteiger partial charge in [0.15, 0.2) is 21.2 Å². The summed E-state index contributed by atoms with van der Waals surface area (Å²) < 4.78 is 0. The van der Waals surface area contributed by atoms with Gasteiger partial charge in [-0.1, -0.05) is 51.4 Å². The minimum Gasteiger partial charge on any atom is -0.303 e. The van der Waals surface area contributed by atoms with Crippen molar-refractivity contribution in [3.8, 4) is 0 Å². The number of aldehydes is 1. The number of nitro groups is 3. The van der Waals surface area contributed by atoms with Gasteiger partial charge in [-0.3, -0.25) is 30.3 Å². The molecule has 0 aromatic heterocycles. The first-order valence-electron chi connectivity index (χ1n) is 9.73. The fourth-order valence-corrected chi connectivity index (χ4v) is 3.60. The first-order valence-corrected chi connectivity index (χ1v) is 9.73. The van der Waals surface area contributed by atoms with E-state index in [0.717, 1.165) is 44.3 Å². The predicted molar refractivity (Wildman–Crippen MR) is 96.8 cm³/mol. The van der Waals surface area contributed by atoms with Gasteiger partial charge in [-0.05, 0) is 31.1 Å². The lowest BCUT2D eigenvalue weighted by Gasteiger charge is -2.08. The van der Waals surface area contributed by atoms with Crippen LogP contribution in [0.3, 0.4) is 0 Å². The van der Waals surface area contributed by atoms with E-state index in [0.29, 0.717) is 18.8 Å². The standard InChI is InChI=1S/C17H29N3O7/c21-13-9-4-2-1-3-6-10-15-14-16(15)11-7-5-8-12-17(18(22)23,19(24)25)20(26)27/h13,15-16H,1-12,14H2. The van der Waals surface area contributed by atoms with Crippen molar-refractivity contribution in [2.75, 3.05) is 0 Å². The molecule has 0 saturated heterocycles. The molecule has 0 N–H and O–H groups in total. The Hall–Kier alpha value is -2.13. The third-order valence-corrected chi connectivity index (χ3v) is 5.43. The molecule has 1 aliphatic carbocycles. The van der Waals surface area contributed by atoms with Gasteiger partial charge in [-0.25, -0.2) is 0 Å². The first-order chi connectivity index (χ1) is 12.9. The van der Waals surface area contributed by atoms with Crippen LogP contribution in [0.25, 0.3) is 0 Å². The Morgan fingerprint density at radius 2 is 1.19 bits per heavy atom. The number of nitrogens with zero attached hydrogens (tertiary/aromatic N) is 3. The highest BCUT2D eigenvalue weighted by atomic mass is 16.7. The molecule has 1 saturated carbocycles. The van der Waals surface area contributed by atoms with E-state index >= 15 is 0 Å². The largest absolute Gasteiger partial charge is 0.699 e. The van der Waals surface area contributed by atoms with Crippen LogP contribution in [0.4, 0.5) is 0 Å². The lowest BCUT2D eigenvalue weighted by molar-refractivity contribution is -0.970. The van der Waals surface area contributed by atoms with Crippen LogP contribution in [0.1, 0.15) is 83.5 Å². The topological polar surface area (TPSA) is 146 Å². The third-order valence-electron chi connectivity index (χ3n) is 5.43. The average molecular weight is 387 g/mol. The molecule has 154 valence electrons. The van der Waals surface area contributed by atoms with E-state index in [1.807, 2.05) is 0 Å². The second kappa shape index (κ2) is 11.6. The Morgan fingerprint density at radius 3 is 1.67 bits per heavy atom. The van der Waals surface area contributed by atoms with Crippen molar-refractivity contribution in [3.05, 3.63) is 30.3 Å². The Kier molecular flexibility index (Phi) is 9.81. The molecule has 2 unspecified atom stereocenters. The number of hydrogen-bond acceptors (Lipinski definition) is 7. The highest BCUT2D eigenvalue weighted by Gasteiger charge is 2.69. The molecule has 0 aliphatic heterocycles. The molecule has 0 spiro atoms. The summed E-state index contributed by atoms with van der Waals surface area (Å²) in [5.41, 5.74) is 0. The van der Waals surface area contributed by atoms with Gasteiger partial charge in [0.25, 0.3) is 0 Å². The number of unbranched alkanes of at least 4 members (excludes halogenated alkanes) is 7. The number of carbonyl (C=O) groups is 1. The average Bonchev–Trinajstić information content (AvgIpc) is 3.34. The zero-order valence-corrected chi connectivity index (χ0v) is 15.6. The molecule has 1 fully saturated rings. The van der Waals surface area contributed by atoms with Crippen molar-refractivity contribution in [2.45, 2.75) is 89.3 Å². The van der Waals surface area contributed by atoms with Gasteiger partial charge in [0.05, 0.1) is 0 Å². The zero-order chi connectivity index (χ0) is 20.3. The molecule has 1 aliphatic rings. The molecular weight excluding hydrogens is 358 g/mol. The first kappa shape index (κ1) is 22.9. The zero-order valence-electron chi connectivity index (χ0n) is 15.6. The molecule has 0 bridgehead atoms. The molecule has 0 radical (unpaired) electrons. The van der Waals surface area contributed by atoms with Crippen molar-refractivity contribution in [1.82, 2.24) is 0 Å². The van der Waals surface area contributed by atoms with Gasteiger partial charge in [0.2, 0.25) is 0 Å². The second-order valence-electron chi connectivity index (χ2n) is 7.41. The maximum absolute atomic E-state index is 10.8. The summed E-state index contributed by atoms with van der Waals surface area (Å²) in [4.78, 5) is 38.5. The minimum absolute atomic E-state index is 0.0983. The summed E-state index contributed by atoms with van der Waals surface area (Å²) in [5.74, 6) is -1.92. The Morgan fingerprint density at radius 1 is 0.741 bits per heavy atom. The van der Waals surface area contributed by atoms with Crippen LogP contribution in [0.5, 0.6) is 0 Å². The van der Waals surface area contributed by atoms with Crippen molar-refractivity contribution >= 4 is 6.29 Å². The lowest BCUT2D eigenvalue weighted by atomic mass is 10.0. The van der Waals surface area contributed by atoms with Gasteiger partial charge >= 0.3 is 5.79 Å². The van der Waals surface area contributed by atoms with Crippen LogP contribution in [-0.4, -0.2) is 26.8 Å². The number of carbonyl (C=O) groups excluding carboxylic acids is 1. The molecule has 10 heteroatoms.